The fourth-order valence-corrected chi connectivity index (χ4v) is 6.16. The number of likely N-dealkylation sites (tertiary alicyclic amines) is 1. The van der Waals surface area contributed by atoms with Gasteiger partial charge in [0.05, 0.1) is 19.2 Å². The largest absolute Gasteiger partial charge is 0.497 e. The first kappa shape index (κ1) is 36.7. The van der Waals surface area contributed by atoms with Crippen LogP contribution in [0, 0.1) is 29.1 Å². The number of rotatable bonds is 14. The molecule has 0 radical (unpaired) electrons. The molecule has 2 aliphatic rings. The third-order valence-electron chi connectivity index (χ3n) is 9.11. The molecule has 3 rings (SSSR count). The Morgan fingerprint density at radius 2 is 1.67 bits per heavy atom. The van der Waals surface area contributed by atoms with Crippen molar-refractivity contribution in [2.24, 2.45) is 34.8 Å². The summed E-state index contributed by atoms with van der Waals surface area (Å²) in [7, 11) is 1.51. The van der Waals surface area contributed by atoms with Crippen LogP contribution < -0.4 is 26.4 Å². The van der Waals surface area contributed by atoms with Crippen LogP contribution in [0.2, 0.25) is 0 Å². The molecule has 1 aromatic carbocycles. The van der Waals surface area contributed by atoms with Gasteiger partial charge >= 0.3 is 6.03 Å². The molecule has 46 heavy (non-hydrogen) atoms. The van der Waals surface area contributed by atoms with Crippen molar-refractivity contribution in [2.45, 2.75) is 98.3 Å². The second kappa shape index (κ2) is 15.2. The molecule has 0 spiro atoms. The number of hydrogen-bond donors (Lipinski definition) is 4. The van der Waals surface area contributed by atoms with Crippen molar-refractivity contribution in [3.8, 4) is 5.75 Å². The molecule has 1 saturated carbocycles. The third kappa shape index (κ3) is 9.14. The van der Waals surface area contributed by atoms with Crippen LogP contribution in [0.15, 0.2) is 24.3 Å². The Balaban J connectivity index is 1.83. The summed E-state index contributed by atoms with van der Waals surface area (Å²) in [6.07, 6.45) is 2.71. The fourth-order valence-electron chi connectivity index (χ4n) is 6.16. The van der Waals surface area contributed by atoms with Crippen LogP contribution in [0.5, 0.6) is 5.75 Å². The summed E-state index contributed by atoms with van der Waals surface area (Å²) < 4.78 is 5.25. The number of carbonyl (C=O) groups is 6. The fraction of sp³-hybridized carbons (Fsp3) is 0.647. The molecule has 5 amide bonds. The normalized spacial score (nSPS) is 20.2. The highest BCUT2D eigenvalue weighted by Gasteiger charge is 2.49. The molecule has 1 aliphatic carbocycles. The summed E-state index contributed by atoms with van der Waals surface area (Å²) >= 11 is 0. The predicted molar refractivity (Wildman–Crippen MR) is 172 cm³/mol. The van der Waals surface area contributed by atoms with E-state index in [1.807, 2.05) is 48.5 Å². The molecule has 6 N–H and O–H groups in total. The molecule has 1 aromatic rings. The molecule has 1 saturated heterocycles. The van der Waals surface area contributed by atoms with E-state index < -0.39 is 59.1 Å². The molecular formula is C34H52N5O7+. The zero-order valence-corrected chi connectivity index (χ0v) is 28.4. The number of hydrogen-bond acceptors (Lipinski definition) is 7. The molecular weight excluding hydrogens is 590 g/mol. The number of nitrogens with two attached hydrogens (primary N) is 2. The first-order valence-corrected chi connectivity index (χ1v) is 16.2. The van der Waals surface area contributed by atoms with Gasteiger partial charge in [-0.3, -0.25) is 34.6 Å². The zero-order valence-electron chi connectivity index (χ0n) is 28.4. The van der Waals surface area contributed by atoms with Crippen LogP contribution in [-0.2, 0) is 19.2 Å². The second-order valence-corrected chi connectivity index (χ2v) is 14.5. The standard InChI is InChI=1S/C34H51N5O7/c1-18(2)23-14-15-39(26(23)31(43)36-24(16-20-12-13-20)28(41)30(35)42)32(44)29(34(5,6)7)38-33(45)37-25(19(3)4)27(40)21-10-9-11-22(17-21)46-8/h9-11,17-20,23-26,29H,12-16H2,1-8H3,(H2,35,42)(H,36,43)(H2,37,38,45)/p+1/t23-,24?,25+,26+,29-/m1/s1. The van der Waals surface area contributed by atoms with Crippen LogP contribution in [0.4, 0.5) is 4.79 Å². The van der Waals surface area contributed by atoms with Gasteiger partial charge in [-0.1, -0.05) is 73.4 Å². The minimum Gasteiger partial charge on any atom is -0.497 e. The van der Waals surface area contributed by atoms with E-state index in [9.17, 15) is 28.8 Å². The molecule has 12 nitrogen and oxygen atoms in total. The van der Waals surface area contributed by atoms with Gasteiger partial charge in [0.25, 0.3) is 11.8 Å². The lowest BCUT2D eigenvalue weighted by Crippen LogP contribution is -3.00. The van der Waals surface area contributed by atoms with E-state index in [1.54, 1.807) is 24.3 Å². The van der Waals surface area contributed by atoms with Crippen molar-refractivity contribution in [1.82, 2.24) is 15.5 Å². The smallest absolute Gasteiger partial charge is 0.414 e. The van der Waals surface area contributed by atoms with Gasteiger partial charge in [0.1, 0.15) is 11.8 Å². The Morgan fingerprint density at radius 3 is 2.20 bits per heavy atom. The molecule has 5 atom stereocenters. The average Bonchev–Trinajstić information content (AvgIpc) is 3.69. The average molecular weight is 643 g/mol. The molecule has 0 bridgehead atoms. The number of amides is 5. The second-order valence-electron chi connectivity index (χ2n) is 14.5. The maximum absolute atomic E-state index is 14.3. The Labute approximate surface area is 271 Å². The van der Waals surface area contributed by atoms with Crippen LogP contribution in [0.3, 0.4) is 0 Å². The SMILES string of the molecule is COc1cccc(C(=O)[C@@H](NC(=O)[NH2+][C@H](C(=O)N2CC[C@H](C(C)C)[C@H]2C(=O)NC(CC2CC2)C(=O)C(N)=O)C(C)(C)C)C(C)C)c1. The summed E-state index contributed by atoms with van der Waals surface area (Å²) in [6, 6.07) is 2.42. The van der Waals surface area contributed by atoms with Gasteiger partial charge in [0, 0.05) is 17.5 Å². The minimum atomic E-state index is -1.11. The topological polar surface area (TPSA) is 182 Å². The number of Topliss-reactive ketones (excluding diaryl/α,β-unsaturated/α-hetero) is 2. The number of benzene rings is 1. The Morgan fingerprint density at radius 1 is 1.02 bits per heavy atom. The lowest BCUT2D eigenvalue weighted by Gasteiger charge is -2.35. The number of ketones is 2. The number of quaternary nitrogens is 1. The van der Waals surface area contributed by atoms with Crippen LogP contribution in [0.25, 0.3) is 0 Å². The van der Waals surface area contributed by atoms with E-state index in [0.29, 0.717) is 30.7 Å². The monoisotopic (exact) mass is 642 g/mol. The van der Waals surface area contributed by atoms with Gasteiger partial charge in [0.2, 0.25) is 11.7 Å². The first-order valence-electron chi connectivity index (χ1n) is 16.2. The third-order valence-corrected chi connectivity index (χ3v) is 9.11. The van der Waals surface area contributed by atoms with Gasteiger partial charge in [-0.25, -0.2) is 4.79 Å². The summed E-state index contributed by atoms with van der Waals surface area (Å²) in [5, 5.41) is 6.88. The minimum absolute atomic E-state index is 0.0389. The Kier molecular flexibility index (Phi) is 12.1. The highest BCUT2D eigenvalue weighted by Crippen LogP contribution is 2.35. The lowest BCUT2D eigenvalue weighted by atomic mass is 9.84. The highest BCUT2D eigenvalue weighted by molar-refractivity contribution is 6.37. The van der Waals surface area contributed by atoms with Crippen molar-refractivity contribution in [2.75, 3.05) is 13.7 Å². The Hall–Kier alpha value is -3.80. The maximum atomic E-state index is 14.3. The van der Waals surface area contributed by atoms with Crippen molar-refractivity contribution < 1.29 is 38.8 Å². The van der Waals surface area contributed by atoms with E-state index in [0.717, 1.165) is 12.8 Å². The number of nitrogens with zero attached hydrogens (tertiary/aromatic N) is 1. The molecule has 254 valence electrons. The molecule has 0 aromatic heterocycles. The molecule has 1 unspecified atom stereocenters. The summed E-state index contributed by atoms with van der Waals surface area (Å²) in [6.45, 7) is 13.4. The predicted octanol–water partition coefficient (Wildman–Crippen LogP) is 1.80. The number of primary amides is 2. The zero-order chi connectivity index (χ0) is 34.5. The van der Waals surface area contributed by atoms with Crippen molar-refractivity contribution in [1.29, 1.82) is 0 Å². The molecule has 12 heteroatoms. The number of nitrogens with one attached hydrogen (secondary N) is 2. The van der Waals surface area contributed by atoms with Gasteiger partial charge < -0.3 is 20.7 Å². The number of carbonyl (C=O) groups excluding carboxylic acids is 6. The first-order chi connectivity index (χ1) is 21.5. The van der Waals surface area contributed by atoms with E-state index in [1.165, 1.54) is 17.3 Å². The number of methoxy groups -OCH3 is 1. The Bertz CT molecular complexity index is 1320. The van der Waals surface area contributed by atoms with E-state index in [4.69, 9.17) is 10.5 Å². The highest BCUT2D eigenvalue weighted by atomic mass is 16.5. The summed E-state index contributed by atoms with van der Waals surface area (Å²) in [5.74, 6) is -2.79. The number of urea groups is 1. The van der Waals surface area contributed by atoms with Gasteiger partial charge in [0.15, 0.2) is 11.8 Å². The maximum Gasteiger partial charge on any atom is 0.414 e. The van der Waals surface area contributed by atoms with Gasteiger partial charge in [-0.15, -0.1) is 0 Å². The van der Waals surface area contributed by atoms with Crippen LogP contribution >= 0.6 is 0 Å². The molecule has 1 aliphatic heterocycles. The van der Waals surface area contributed by atoms with Gasteiger partial charge in [-0.2, -0.15) is 0 Å². The molecule has 2 fully saturated rings. The van der Waals surface area contributed by atoms with E-state index in [2.05, 4.69) is 10.6 Å². The van der Waals surface area contributed by atoms with Crippen LogP contribution in [0.1, 0.15) is 84.5 Å². The van der Waals surface area contributed by atoms with Crippen molar-refractivity contribution in [3.05, 3.63) is 29.8 Å². The lowest BCUT2D eigenvalue weighted by molar-refractivity contribution is -0.597. The summed E-state index contributed by atoms with van der Waals surface area (Å²) in [5.41, 5.74) is 4.97. The van der Waals surface area contributed by atoms with E-state index >= 15 is 0 Å². The number of ether oxygens (including phenoxy) is 1. The van der Waals surface area contributed by atoms with Gasteiger partial charge in [-0.05, 0) is 48.6 Å². The van der Waals surface area contributed by atoms with E-state index in [-0.39, 0.29) is 29.5 Å². The van der Waals surface area contributed by atoms with Crippen LogP contribution in [-0.4, -0.2) is 78.0 Å². The quantitative estimate of drug-likeness (QED) is 0.176. The molecule has 1 heterocycles. The summed E-state index contributed by atoms with van der Waals surface area (Å²) in [4.78, 5) is 80.9. The van der Waals surface area contributed by atoms with Crippen molar-refractivity contribution in [3.63, 3.8) is 0 Å². The van der Waals surface area contributed by atoms with Crippen molar-refractivity contribution >= 4 is 35.3 Å².